The lowest BCUT2D eigenvalue weighted by molar-refractivity contribution is 0.317. The quantitative estimate of drug-likeness (QED) is 0.631. The van der Waals surface area contributed by atoms with Crippen LogP contribution in [0.3, 0.4) is 0 Å². The van der Waals surface area contributed by atoms with Gasteiger partial charge in [-0.05, 0) is 43.5 Å². The van der Waals surface area contributed by atoms with E-state index in [1.165, 1.54) is 4.90 Å². The van der Waals surface area contributed by atoms with Crippen molar-refractivity contribution in [1.82, 2.24) is 0 Å². The highest BCUT2D eigenvalue weighted by Crippen LogP contribution is 2.33. The molecule has 2 rings (SSSR count). The zero-order valence-corrected chi connectivity index (χ0v) is 9.76. The number of halogens is 1. The molecule has 1 unspecified atom stereocenters. The first-order valence-electron chi connectivity index (χ1n) is 4.92. The maximum absolute atomic E-state index is 8.81. The highest BCUT2D eigenvalue weighted by atomic mass is 35.5. The Balaban J connectivity index is 2.05. The number of rotatable bonds is 2. The zero-order valence-electron chi connectivity index (χ0n) is 8.19. The van der Waals surface area contributed by atoms with E-state index in [0.717, 1.165) is 30.0 Å². The Morgan fingerprint density at radius 1 is 1.33 bits per heavy atom. The van der Waals surface area contributed by atoms with Crippen molar-refractivity contribution in [2.45, 2.75) is 29.4 Å². The fraction of sp³-hybridized carbons (Fsp3) is 0.364. The second-order valence-electron chi connectivity index (χ2n) is 3.54. The normalized spacial score (nSPS) is 23.5. The lowest BCUT2D eigenvalue weighted by atomic mass is 10.3. The van der Waals surface area contributed by atoms with Crippen LogP contribution in [0, 0.1) is 0 Å². The molecule has 1 aliphatic carbocycles. The van der Waals surface area contributed by atoms with Crippen molar-refractivity contribution in [3.63, 3.8) is 0 Å². The molecule has 1 atom stereocenters. The zero-order chi connectivity index (χ0) is 10.7. The van der Waals surface area contributed by atoms with E-state index < -0.39 is 0 Å². The molecule has 0 amide bonds. The van der Waals surface area contributed by atoms with Crippen LogP contribution in [0.25, 0.3) is 0 Å². The Hall–Kier alpha value is -0.670. The predicted octanol–water partition coefficient (Wildman–Crippen LogP) is 3.81. The van der Waals surface area contributed by atoms with Crippen LogP contribution in [0.5, 0.6) is 0 Å². The topological polar surface area (TPSA) is 32.6 Å². The minimum atomic E-state index is 0.330. The Morgan fingerprint density at radius 2 is 2.07 bits per heavy atom. The Bertz CT molecular complexity index is 363. The highest BCUT2D eigenvalue weighted by molar-refractivity contribution is 8.00. The van der Waals surface area contributed by atoms with Crippen LogP contribution < -0.4 is 0 Å². The first-order chi connectivity index (χ1) is 7.29. The van der Waals surface area contributed by atoms with Crippen LogP contribution in [0.4, 0.5) is 0 Å². The van der Waals surface area contributed by atoms with Crippen molar-refractivity contribution in [3.8, 4) is 0 Å². The summed E-state index contributed by atoms with van der Waals surface area (Å²) in [6.45, 7) is 0. The van der Waals surface area contributed by atoms with Crippen LogP contribution >= 0.6 is 23.4 Å². The predicted molar refractivity (Wildman–Crippen MR) is 64.2 cm³/mol. The van der Waals surface area contributed by atoms with Gasteiger partial charge >= 0.3 is 0 Å². The Morgan fingerprint density at radius 3 is 2.73 bits per heavy atom. The lowest BCUT2D eigenvalue weighted by Crippen LogP contribution is -2.08. The van der Waals surface area contributed by atoms with Gasteiger partial charge in [0.25, 0.3) is 0 Å². The molecule has 80 valence electrons. The summed E-state index contributed by atoms with van der Waals surface area (Å²) in [5.74, 6) is 0. The number of thioether (sulfide) groups is 1. The van der Waals surface area contributed by atoms with E-state index in [-0.39, 0.29) is 0 Å². The number of nitrogens with zero attached hydrogens (tertiary/aromatic N) is 1. The molecule has 1 aliphatic rings. The third-order valence-corrected chi connectivity index (χ3v) is 4.08. The van der Waals surface area contributed by atoms with E-state index in [9.17, 15) is 0 Å². The summed E-state index contributed by atoms with van der Waals surface area (Å²) in [6, 6.07) is 7.77. The third kappa shape index (κ3) is 2.67. The number of hydrogen-bond acceptors (Lipinski definition) is 3. The molecule has 0 aliphatic heterocycles. The molecule has 0 radical (unpaired) electrons. The molecular formula is C11H12ClNOS. The fourth-order valence-electron chi connectivity index (χ4n) is 1.71. The molecule has 0 saturated heterocycles. The molecule has 2 nitrogen and oxygen atoms in total. The molecule has 1 saturated carbocycles. The second kappa shape index (κ2) is 4.90. The van der Waals surface area contributed by atoms with Crippen LogP contribution in [-0.2, 0) is 0 Å². The lowest BCUT2D eigenvalue weighted by Gasteiger charge is -2.09. The summed E-state index contributed by atoms with van der Waals surface area (Å²) >= 11 is 7.55. The monoisotopic (exact) mass is 241 g/mol. The van der Waals surface area contributed by atoms with Gasteiger partial charge in [0.2, 0.25) is 0 Å². The number of oxime groups is 1. The number of benzene rings is 1. The average molecular weight is 242 g/mol. The molecule has 0 spiro atoms. The molecule has 15 heavy (non-hydrogen) atoms. The van der Waals surface area contributed by atoms with Gasteiger partial charge in [-0.2, -0.15) is 0 Å². The third-order valence-electron chi connectivity index (χ3n) is 2.49. The van der Waals surface area contributed by atoms with Gasteiger partial charge in [-0.15, -0.1) is 11.8 Å². The van der Waals surface area contributed by atoms with Gasteiger partial charge in [0.15, 0.2) is 0 Å². The van der Waals surface area contributed by atoms with Crippen molar-refractivity contribution >= 4 is 29.1 Å². The van der Waals surface area contributed by atoms with Crippen LogP contribution in [0.2, 0.25) is 5.02 Å². The van der Waals surface area contributed by atoms with Crippen molar-refractivity contribution in [2.75, 3.05) is 0 Å². The summed E-state index contributed by atoms with van der Waals surface area (Å²) in [6.07, 6.45) is 3.12. The summed E-state index contributed by atoms with van der Waals surface area (Å²) in [5, 5.41) is 13.2. The number of hydrogen-bond donors (Lipinski definition) is 1. The van der Waals surface area contributed by atoms with E-state index in [4.69, 9.17) is 16.8 Å². The van der Waals surface area contributed by atoms with Crippen LogP contribution in [-0.4, -0.2) is 16.2 Å². The van der Waals surface area contributed by atoms with Gasteiger partial charge in [-0.1, -0.05) is 16.8 Å². The van der Waals surface area contributed by atoms with E-state index in [1.54, 1.807) is 11.8 Å². The average Bonchev–Trinajstić information content (AvgIpc) is 2.69. The van der Waals surface area contributed by atoms with E-state index in [1.807, 2.05) is 24.3 Å². The smallest absolute Gasteiger partial charge is 0.0704 e. The van der Waals surface area contributed by atoms with Gasteiger partial charge in [0.05, 0.1) is 11.0 Å². The van der Waals surface area contributed by atoms with E-state index in [2.05, 4.69) is 5.16 Å². The minimum absolute atomic E-state index is 0.330. The second-order valence-corrected chi connectivity index (χ2v) is 5.26. The molecular weight excluding hydrogens is 230 g/mol. The molecule has 0 heterocycles. The van der Waals surface area contributed by atoms with E-state index in [0.29, 0.717) is 5.25 Å². The summed E-state index contributed by atoms with van der Waals surface area (Å²) in [5.41, 5.74) is 0.912. The van der Waals surface area contributed by atoms with E-state index >= 15 is 0 Å². The van der Waals surface area contributed by atoms with Crippen LogP contribution in [0.15, 0.2) is 34.3 Å². The maximum Gasteiger partial charge on any atom is 0.0704 e. The summed E-state index contributed by atoms with van der Waals surface area (Å²) in [7, 11) is 0. The van der Waals surface area contributed by atoms with Crippen molar-refractivity contribution in [3.05, 3.63) is 29.3 Å². The molecule has 0 bridgehead atoms. The van der Waals surface area contributed by atoms with Crippen LogP contribution in [0.1, 0.15) is 19.3 Å². The van der Waals surface area contributed by atoms with Crippen molar-refractivity contribution in [2.24, 2.45) is 5.16 Å². The Kier molecular flexibility index (Phi) is 3.54. The van der Waals surface area contributed by atoms with Gasteiger partial charge < -0.3 is 5.21 Å². The Labute approximate surface area is 98.3 Å². The first kappa shape index (κ1) is 10.8. The van der Waals surface area contributed by atoms with Gasteiger partial charge in [-0.3, -0.25) is 0 Å². The largest absolute Gasteiger partial charge is 0.411 e. The van der Waals surface area contributed by atoms with Gasteiger partial charge in [0, 0.05) is 9.92 Å². The molecule has 1 fully saturated rings. The first-order valence-corrected chi connectivity index (χ1v) is 6.18. The maximum atomic E-state index is 8.81. The molecule has 4 heteroatoms. The minimum Gasteiger partial charge on any atom is -0.411 e. The van der Waals surface area contributed by atoms with Gasteiger partial charge in [0.1, 0.15) is 0 Å². The van der Waals surface area contributed by atoms with Crippen molar-refractivity contribution < 1.29 is 5.21 Å². The highest BCUT2D eigenvalue weighted by Gasteiger charge is 2.23. The summed E-state index contributed by atoms with van der Waals surface area (Å²) in [4.78, 5) is 1.17. The summed E-state index contributed by atoms with van der Waals surface area (Å²) < 4.78 is 0. The van der Waals surface area contributed by atoms with Gasteiger partial charge in [-0.25, -0.2) is 0 Å². The molecule has 1 aromatic carbocycles. The molecule has 0 aromatic heterocycles. The molecule has 1 aromatic rings. The fourth-order valence-corrected chi connectivity index (χ4v) is 3.05. The standard InChI is InChI=1S/C11H12ClNOS/c12-8-4-6-9(7-5-8)15-11-3-1-2-10(11)13-14/h4-7,11,14H,1-3H2/b13-10+. The van der Waals surface area contributed by atoms with Crippen molar-refractivity contribution in [1.29, 1.82) is 0 Å². The molecule has 1 N–H and O–H groups in total. The SMILES string of the molecule is O/N=C1\CCCC1Sc1ccc(Cl)cc1.